The van der Waals surface area contributed by atoms with Crippen LogP contribution in [0.25, 0.3) is 0 Å². The molecule has 0 aliphatic heterocycles. The van der Waals surface area contributed by atoms with Crippen LogP contribution in [0.1, 0.15) is 18.1 Å². The second-order valence-electron chi connectivity index (χ2n) is 3.76. The maximum absolute atomic E-state index is 12.7. The van der Waals surface area contributed by atoms with Gasteiger partial charge in [-0.05, 0) is 18.1 Å². The minimum atomic E-state index is -1.88. The number of halogens is 1. The van der Waals surface area contributed by atoms with Crippen molar-refractivity contribution < 1.29 is 14.3 Å². The summed E-state index contributed by atoms with van der Waals surface area (Å²) in [6.07, 6.45) is -1.88. The molecule has 0 aromatic heterocycles. The Hall–Kier alpha value is -1.75. The number of alkyl halides is 1. The van der Waals surface area contributed by atoms with Gasteiger partial charge in [0.05, 0.1) is 0 Å². The highest BCUT2D eigenvalue weighted by Gasteiger charge is 2.14. The summed E-state index contributed by atoms with van der Waals surface area (Å²) in [4.78, 5) is 10.2. The van der Waals surface area contributed by atoms with E-state index in [9.17, 15) is 9.18 Å². The lowest BCUT2D eigenvalue weighted by molar-refractivity contribution is -0.142. The van der Waals surface area contributed by atoms with Crippen molar-refractivity contribution >= 4 is 11.7 Å². The molecule has 1 unspecified atom stereocenters. The molecule has 0 aliphatic carbocycles. The minimum Gasteiger partial charge on any atom is -0.479 e. The Bertz CT molecular complexity index is 403. The van der Waals surface area contributed by atoms with Crippen LogP contribution in [0, 0.1) is 5.41 Å². The highest BCUT2D eigenvalue weighted by molar-refractivity contribution is 5.96. The molecule has 0 amide bonds. The van der Waals surface area contributed by atoms with Crippen molar-refractivity contribution in [2.45, 2.75) is 19.6 Å². The van der Waals surface area contributed by atoms with Gasteiger partial charge in [-0.1, -0.05) is 24.3 Å². The van der Waals surface area contributed by atoms with Crippen molar-refractivity contribution in [2.24, 2.45) is 0 Å². The van der Waals surface area contributed by atoms with Crippen LogP contribution in [0.5, 0.6) is 0 Å². The van der Waals surface area contributed by atoms with E-state index in [1.54, 1.807) is 6.92 Å². The van der Waals surface area contributed by atoms with Crippen LogP contribution >= 0.6 is 0 Å². The van der Waals surface area contributed by atoms with Gasteiger partial charge in [-0.15, -0.1) is 0 Å². The van der Waals surface area contributed by atoms with Gasteiger partial charge in [-0.25, -0.2) is 9.18 Å². The van der Waals surface area contributed by atoms with Crippen molar-refractivity contribution in [2.75, 3.05) is 6.54 Å². The fourth-order valence-corrected chi connectivity index (χ4v) is 1.30. The van der Waals surface area contributed by atoms with Crippen molar-refractivity contribution in [1.29, 1.82) is 5.41 Å². The van der Waals surface area contributed by atoms with E-state index in [2.05, 4.69) is 5.32 Å². The summed E-state index contributed by atoms with van der Waals surface area (Å²) in [5.74, 6) is -1.45. The fraction of sp³-hybridized carbons (Fsp3) is 0.333. The first-order chi connectivity index (χ1) is 8.00. The van der Waals surface area contributed by atoms with E-state index in [1.807, 2.05) is 24.3 Å². The van der Waals surface area contributed by atoms with Gasteiger partial charge in [0.15, 0.2) is 0 Å². The zero-order valence-electron chi connectivity index (χ0n) is 9.53. The maximum atomic E-state index is 12.7. The van der Waals surface area contributed by atoms with Crippen LogP contribution in [-0.4, -0.2) is 29.5 Å². The molecule has 0 fully saturated rings. The van der Waals surface area contributed by atoms with Gasteiger partial charge in [0.25, 0.3) is 0 Å². The van der Waals surface area contributed by atoms with E-state index in [0.29, 0.717) is 12.3 Å². The molecule has 17 heavy (non-hydrogen) atoms. The summed E-state index contributed by atoms with van der Waals surface area (Å²) >= 11 is 0. The number of hydrogen-bond donors (Lipinski definition) is 3. The topological polar surface area (TPSA) is 73.2 Å². The van der Waals surface area contributed by atoms with Crippen molar-refractivity contribution in [1.82, 2.24) is 5.32 Å². The zero-order valence-corrected chi connectivity index (χ0v) is 9.53. The minimum absolute atomic E-state index is 0.208. The third-order valence-electron chi connectivity index (χ3n) is 2.31. The average molecular weight is 238 g/mol. The Balaban J connectivity index is 2.42. The molecule has 4 nitrogen and oxygen atoms in total. The second kappa shape index (κ2) is 6.10. The number of aliphatic carboxylic acids is 1. The van der Waals surface area contributed by atoms with E-state index in [1.165, 1.54) is 0 Å². The Morgan fingerprint density at radius 2 is 2.06 bits per heavy atom. The highest BCUT2D eigenvalue weighted by atomic mass is 19.1. The molecule has 0 aliphatic rings. The number of hydrogen-bond acceptors (Lipinski definition) is 3. The first-order valence-electron chi connectivity index (χ1n) is 5.22. The van der Waals surface area contributed by atoms with Gasteiger partial charge in [0, 0.05) is 18.8 Å². The summed E-state index contributed by atoms with van der Waals surface area (Å²) in [7, 11) is 0. The third kappa shape index (κ3) is 4.32. The largest absolute Gasteiger partial charge is 0.479 e. The molecule has 3 N–H and O–H groups in total. The molecule has 1 atom stereocenters. The lowest BCUT2D eigenvalue weighted by Crippen LogP contribution is -2.29. The quantitative estimate of drug-likeness (QED) is 0.659. The summed E-state index contributed by atoms with van der Waals surface area (Å²) in [6, 6.07) is 7.27. The Labute approximate surface area is 99.0 Å². The van der Waals surface area contributed by atoms with Gasteiger partial charge in [-0.2, -0.15) is 0 Å². The van der Waals surface area contributed by atoms with Gasteiger partial charge in [0.2, 0.25) is 6.17 Å². The monoisotopic (exact) mass is 238 g/mol. The smallest absolute Gasteiger partial charge is 0.339 e. The highest BCUT2D eigenvalue weighted by Crippen LogP contribution is 2.05. The van der Waals surface area contributed by atoms with Gasteiger partial charge in [-0.3, -0.25) is 0 Å². The van der Waals surface area contributed by atoms with E-state index >= 15 is 0 Å². The van der Waals surface area contributed by atoms with Gasteiger partial charge < -0.3 is 15.8 Å². The van der Waals surface area contributed by atoms with Crippen LogP contribution in [0.3, 0.4) is 0 Å². The summed E-state index contributed by atoms with van der Waals surface area (Å²) < 4.78 is 12.7. The number of carboxylic acid groups (broad SMARTS) is 1. The fourth-order valence-electron chi connectivity index (χ4n) is 1.30. The molecule has 0 saturated heterocycles. The molecule has 0 radical (unpaired) electrons. The van der Waals surface area contributed by atoms with Crippen LogP contribution in [-0.2, 0) is 11.3 Å². The predicted octanol–water partition coefficient (Wildman–Crippen LogP) is 1.59. The lowest BCUT2D eigenvalue weighted by atomic mass is 10.1. The summed E-state index contributed by atoms with van der Waals surface area (Å²) in [6.45, 7) is 1.90. The molecule has 5 heteroatoms. The molecule has 1 rings (SSSR count). The number of rotatable bonds is 6. The van der Waals surface area contributed by atoms with E-state index < -0.39 is 12.1 Å². The second-order valence-corrected chi connectivity index (χ2v) is 3.76. The number of carboxylic acids is 1. The average Bonchev–Trinajstić information content (AvgIpc) is 2.29. The number of carbonyl (C=O) groups is 1. The van der Waals surface area contributed by atoms with Crippen LogP contribution in [0.15, 0.2) is 24.3 Å². The first kappa shape index (κ1) is 13.3. The van der Waals surface area contributed by atoms with Crippen LogP contribution < -0.4 is 5.32 Å². The molecular formula is C12H15FN2O2. The molecular weight excluding hydrogens is 223 g/mol. The predicted molar refractivity (Wildman–Crippen MR) is 63.2 cm³/mol. The molecule has 1 aromatic rings. The number of benzene rings is 1. The van der Waals surface area contributed by atoms with Crippen LogP contribution in [0.2, 0.25) is 0 Å². The Morgan fingerprint density at radius 3 is 2.53 bits per heavy atom. The van der Waals surface area contributed by atoms with E-state index in [0.717, 1.165) is 11.1 Å². The standard InChI is InChI=1S/C12H15FN2O2/c1-8(14)10-4-2-9(3-5-10)6-15-7-11(13)12(16)17/h2-5,11,14-15H,6-7H2,1H3,(H,16,17). The summed E-state index contributed by atoms with van der Waals surface area (Å²) in [5.41, 5.74) is 2.24. The zero-order chi connectivity index (χ0) is 12.8. The normalized spacial score (nSPS) is 12.1. The molecule has 0 bridgehead atoms. The molecule has 1 aromatic carbocycles. The molecule has 0 spiro atoms. The third-order valence-corrected chi connectivity index (χ3v) is 2.31. The van der Waals surface area contributed by atoms with Crippen LogP contribution in [0.4, 0.5) is 4.39 Å². The maximum Gasteiger partial charge on any atom is 0.339 e. The SMILES string of the molecule is CC(=N)c1ccc(CNCC(F)C(=O)O)cc1. The van der Waals surface area contributed by atoms with Gasteiger partial charge >= 0.3 is 5.97 Å². The first-order valence-corrected chi connectivity index (χ1v) is 5.22. The Morgan fingerprint density at radius 1 is 1.47 bits per heavy atom. The van der Waals surface area contributed by atoms with E-state index in [4.69, 9.17) is 10.5 Å². The van der Waals surface area contributed by atoms with Crippen molar-refractivity contribution in [3.05, 3.63) is 35.4 Å². The van der Waals surface area contributed by atoms with Gasteiger partial charge in [0.1, 0.15) is 0 Å². The Kier molecular flexibility index (Phi) is 4.78. The molecule has 92 valence electrons. The summed E-state index contributed by atoms with van der Waals surface area (Å²) in [5, 5.41) is 18.5. The molecule has 0 saturated carbocycles. The number of nitrogens with one attached hydrogen (secondary N) is 2. The lowest BCUT2D eigenvalue weighted by Gasteiger charge is -2.06. The van der Waals surface area contributed by atoms with Crippen molar-refractivity contribution in [3.63, 3.8) is 0 Å². The van der Waals surface area contributed by atoms with Crippen molar-refractivity contribution in [3.8, 4) is 0 Å². The molecule has 0 heterocycles. The van der Waals surface area contributed by atoms with E-state index in [-0.39, 0.29) is 6.54 Å².